The maximum Gasteiger partial charge on any atom is 0.412 e. The van der Waals surface area contributed by atoms with Crippen LogP contribution in [0.15, 0.2) is 24.3 Å². The molecule has 0 saturated heterocycles. The minimum Gasteiger partial charge on any atom is -0.481 e. The Labute approximate surface area is 150 Å². The van der Waals surface area contributed by atoms with Crippen molar-refractivity contribution >= 4 is 28.0 Å². The minimum absolute atomic E-state index is 0.0913. The van der Waals surface area contributed by atoms with E-state index in [-0.39, 0.29) is 11.8 Å². The zero-order valence-electron chi connectivity index (χ0n) is 13.7. The maximum atomic E-state index is 12.1. The summed E-state index contributed by atoms with van der Waals surface area (Å²) in [4.78, 5) is 23.2. The number of aryl methyl sites for hydroxylation is 1. The Bertz CT molecular complexity index is 570. The Hall–Kier alpha value is -1.56. The van der Waals surface area contributed by atoms with Gasteiger partial charge in [-0.15, -0.1) is 0 Å². The summed E-state index contributed by atoms with van der Waals surface area (Å²) in [6.07, 6.45) is 5.25. The number of benzene rings is 1. The molecule has 5 nitrogen and oxygen atoms in total. The van der Waals surface area contributed by atoms with Crippen LogP contribution in [0.4, 0.5) is 4.79 Å². The van der Waals surface area contributed by atoms with Gasteiger partial charge in [0.05, 0.1) is 6.42 Å². The van der Waals surface area contributed by atoms with E-state index >= 15 is 0 Å². The first-order valence-corrected chi connectivity index (χ1v) is 9.48. The number of halogens is 1. The second-order valence-electron chi connectivity index (χ2n) is 6.46. The van der Waals surface area contributed by atoms with Crippen LogP contribution >= 0.6 is 15.9 Å². The molecule has 0 bridgehead atoms. The molecule has 1 fully saturated rings. The lowest BCUT2D eigenvalue weighted by Gasteiger charge is -2.36. The third kappa shape index (κ3) is 5.82. The van der Waals surface area contributed by atoms with Crippen LogP contribution in [0.5, 0.6) is 5.75 Å². The molecular weight excluding hydrogens is 374 g/mol. The van der Waals surface area contributed by atoms with Gasteiger partial charge in [-0.2, -0.15) is 0 Å². The molecule has 1 amide bonds. The summed E-state index contributed by atoms with van der Waals surface area (Å²) >= 11 is 3.39. The van der Waals surface area contributed by atoms with E-state index in [1.807, 2.05) is 18.2 Å². The van der Waals surface area contributed by atoms with Crippen LogP contribution in [0, 0.1) is 5.41 Å². The van der Waals surface area contributed by atoms with E-state index in [0.717, 1.165) is 49.4 Å². The molecule has 0 spiro atoms. The number of nitrogens with one attached hydrogen (secondary N) is 1. The normalized spacial score (nSPS) is 16.4. The number of carbonyl (C=O) groups excluding carboxylic acids is 1. The fraction of sp³-hybridized carbons (Fsp3) is 0.556. The highest BCUT2D eigenvalue weighted by atomic mass is 79.9. The van der Waals surface area contributed by atoms with Crippen LogP contribution in [0.1, 0.15) is 44.1 Å². The molecule has 0 radical (unpaired) electrons. The van der Waals surface area contributed by atoms with Crippen molar-refractivity contribution < 1.29 is 19.4 Å². The molecule has 1 aromatic carbocycles. The van der Waals surface area contributed by atoms with E-state index in [1.165, 1.54) is 0 Å². The van der Waals surface area contributed by atoms with E-state index in [4.69, 9.17) is 9.84 Å². The van der Waals surface area contributed by atoms with Gasteiger partial charge in [-0.1, -0.05) is 47.3 Å². The van der Waals surface area contributed by atoms with Crippen LogP contribution in [0.25, 0.3) is 0 Å². The Morgan fingerprint density at radius 3 is 2.67 bits per heavy atom. The Morgan fingerprint density at radius 1 is 1.25 bits per heavy atom. The molecule has 1 aliphatic carbocycles. The number of aliphatic carboxylic acids is 1. The highest BCUT2D eigenvalue weighted by molar-refractivity contribution is 9.09. The van der Waals surface area contributed by atoms with Crippen LogP contribution in [0.2, 0.25) is 0 Å². The van der Waals surface area contributed by atoms with Crippen LogP contribution in [0.3, 0.4) is 0 Å². The first-order valence-electron chi connectivity index (χ1n) is 8.35. The zero-order valence-corrected chi connectivity index (χ0v) is 15.3. The molecule has 1 aromatic rings. The number of carbonyl (C=O) groups is 2. The molecule has 1 saturated carbocycles. The molecule has 0 unspecified atom stereocenters. The number of ether oxygens (including phenoxy) is 1. The van der Waals surface area contributed by atoms with E-state index in [1.54, 1.807) is 6.07 Å². The Balaban J connectivity index is 1.91. The number of rotatable bonds is 7. The third-order valence-corrected chi connectivity index (χ3v) is 4.94. The van der Waals surface area contributed by atoms with Gasteiger partial charge in [0, 0.05) is 11.9 Å². The number of hydrogen-bond donors (Lipinski definition) is 2. The van der Waals surface area contributed by atoms with Crippen molar-refractivity contribution in [2.45, 2.75) is 44.9 Å². The van der Waals surface area contributed by atoms with Gasteiger partial charge in [-0.05, 0) is 42.4 Å². The number of hydrogen-bond acceptors (Lipinski definition) is 3. The van der Waals surface area contributed by atoms with Gasteiger partial charge >= 0.3 is 12.1 Å². The predicted molar refractivity (Wildman–Crippen MR) is 95.7 cm³/mol. The summed E-state index contributed by atoms with van der Waals surface area (Å²) in [6.45, 7) is 0.346. The molecule has 0 heterocycles. The smallest absolute Gasteiger partial charge is 0.412 e. The Morgan fingerprint density at radius 2 is 2.00 bits per heavy atom. The van der Waals surface area contributed by atoms with Crippen molar-refractivity contribution in [1.29, 1.82) is 0 Å². The molecule has 2 N–H and O–H groups in total. The van der Waals surface area contributed by atoms with Gasteiger partial charge in [0.2, 0.25) is 0 Å². The number of alkyl halides is 1. The average Bonchev–Trinajstić information content (AvgIpc) is 2.54. The lowest BCUT2D eigenvalue weighted by atomic mass is 9.72. The lowest BCUT2D eigenvalue weighted by molar-refractivity contribution is -0.140. The number of carboxylic acid groups (broad SMARTS) is 1. The summed E-state index contributed by atoms with van der Waals surface area (Å²) in [5.41, 5.74) is 0.743. The molecule has 132 valence electrons. The highest BCUT2D eigenvalue weighted by Gasteiger charge is 2.34. The monoisotopic (exact) mass is 397 g/mol. The van der Waals surface area contributed by atoms with E-state index in [9.17, 15) is 9.59 Å². The second kappa shape index (κ2) is 9.06. The summed E-state index contributed by atoms with van der Waals surface area (Å²) < 4.78 is 5.33. The van der Waals surface area contributed by atoms with Crippen molar-refractivity contribution in [1.82, 2.24) is 5.32 Å². The van der Waals surface area contributed by atoms with E-state index < -0.39 is 12.1 Å². The Kier molecular flexibility index (Phi) is 7.09. The van der Waals surface area contributed by atoms with Crippen molar-refractivity contribution in [3.8, 4) is 5.75 Å². The summed E-state index contributed by atoms with van der Waals surface area (Å²) in [7, 11) is 0. The van der Waals surface area contributed by atoms with Gasteiger partial charge in [0.1, 0.15) is 5.75 Å². The summed E-state index contributed by atoms with van der Waals surface area (Å²) in [5.74, 6) is -0.309. The first-order chi connectivity index (χ1) is 11.5. The molecule has 0 aliphatic heterocycles. The minimum atomic E-state index is -0.811. The van der Waals surface area contributed by atoms with Gasteiger partial charge in [0.15, 0.2) is 0 Å². The van der Waals surface area contributed by atoms with Crippen molar-refractivity contribution in [3.63, 3.8) is 0 Å². The van der Waals surface area contributed by atoms with E-state index in [2.05, 4.69) is 21.2 Å². The highest BCUT2D eigenvalue weighted by Crippen LogP contribution is 2.38. The van der Waals surface area contributed by atoms with Crippen molar-refractivity contribution in [3.05, 3.63) is 29.8 Å². The van der Waals surface area contributed by atoms with Crippen LogP contribution < -0.4 is 10.1 Å². The average molecular weight is 398 g/mol. The van der Waals surface area contributed by atoms with Crippen LogP contribution in [-0.4, -0.2) is 29.0 Å². The molecule has 0 aromatic heterocycles. The SMILES string of the molecule is O=C(O)CC1(CNC(=O)Oc2cccc(CCBr)c2)CCCCC1. The fourth-order valence-electron chi connectivity index (χ4n) is 3.32. The molecule has 6 heteroatoms. The maximum absolute atomic E-state index is 12.1. The molecule has 1 aliphatic rings. The quantitative estimate of drug-likeness (QED) is 0.677. The summed E-state index contributed by atoms with van der Waals surface area (Å²) in [5, 5.41) is 12.8. The third-order valence-electron chi connectivity index (χ3n) is 4.54. The second-order valence-corrected chi connectivity index (χ2v) is 7.25. The fourth-order valence-corrected chi connectivity index (χ4v) is 3.77. The molecule has 2 rings (SSSR count). The standard InChI is InChI=1S/C18H24BrNO4/c19-10-7-14-5-4-6-15(11-14)24-17(23)20-13-18(12-16(21)22)8-2-1-3-9-18/h4-6,11H,1-3,7-10,12-13H2,(H,20,23)(H,21,22). The van der Waals surface area contributed by atoms with Crippen molar-refractivity contribution in [2.24, 2.45) is 5.41 Å². The van der Waals surface area contributed by atoms with Gasteiger partial charge in [-0.25, -0.2) is 4.79 Å². The van der Waals surface area contributed by atoms with E-state index in [0.29, 0.717) is 12.3 Å². The molecular formula is C18H24BrNO4. The van der Waals surface area contributed by atoms with Crippen molar-refractivity contribution in [2.75, 3.05) is 11.9 Å². The van der Waals surface area contributed by atoms with Crippen LogP contribution in [-0.2, 0) is 11.2 Å². The summed E-state index contributed by atoms with van der Waals surface area (Å²) in [6, 6.07) is 7.42. The number of carboxylic acids is 1. The lowest BCUT2D eigenvalue weighted by Crippen LogP contribution is -2.41. The van der Waals surface area contributed by atoms with Gasteiger partial charge < -0.3 is 15.2 Å². The van der Waals surface area contributed by atoms with Gasteiger partial charge in [0.25, 0.3) is 0 Å². The molecule has 24 heavy (non-hydrogen) atoms. The first kappa shape index (κ1) is 18.8. The predicted octanol–water partition coefficient (Wildman–Crippen LogP) is 4.14. The van der Waals surface area contributed by atoms with Gasteiger partial charge in [-0.3, -0.25) is 4.79 Å². The largest absolute Gasteiger partial charge is 0.481 e. The topological polar surface area (TPSA) is 75.6 Å². The number of amides is 1. The zero-order chi connectivity index (χ0) is 17.4. The molecule has 0 atom stereocenters.